The Labute approximate surface area is 141 Å². The fourth-order valence-electron chi connectivity index (χ4n) is 2.48. The summed E-state index contributed by atoms with van der Waals surface area (Å²) in [6, 6.07) is 4.86. The van der Waals surface area contributed by atoms with Crippen molar-refractivity contribution in [1.29, 1.82) is 5.41 Å². The van der Waals surface area contributed by atoms with Crippen LogP contribution in [0.3, 0.4) is 0 Å². The molecular weight excluding hydrogens is 333 g/mol. The van der Waals surface area contributed by atoms with Crippen LogP contribution in [0.1, 0.15) is 25.3 Å². The Morgan fingerprint density at radius 2 is 2.12 bits per heavy atom. The highest BCUT2D eigenvalue weighted by Gasteiger charge is 2.30. The van der Waals surface area contributed by atoms with E-state index in [-0.39, 0.29) is 11.2 Å². The van der Waals surface area contributed by atoms with Crippen LogP contribution in [0, 0.1) is 5.41 Å². The van der Waals surface area contributed by atoms with Gasteiger partial charge >= 0.3 is 6.18 Å². The Balaban J connectivity index is 1.98. The van der Waals surface area contributed by atoms with Crippen LogP contribution in [0.2, 0.25) is 0 Å². The summed E-state index contributed by atoms with van der Waals surface area (Å²) < 4.78 is 40.2. The SMILES string of the molecule is CCCCn1cnc2n[nH]c(Nc3cccc(C(F)(F)F)c3)c2c1=N. The van der Waals surface area contributed by atoms with Crippen molar-refractivity contribution in [2.45, 2.75) is 32.5 Å². The van der Waals surface area contributed by atoms with Crippen LogP contribution in [-0.2, 0) is 12.7 Å². The number of hydrogen-bond acceptors (Lipinski definition) is 4. The van der Waals surface area contributed by atoms with E-state index in [0.717, 1.165) is 25.0 Å². The first-order valence-corrected chi connectivity index (χ1v) is 7.82. The zero-order valence-electron chi connectivity index (χ0n) is 13.5. The van der Waals surface area contributed by atoms with E-state index in [1.54, 1.807) is 10.9 Å². The normalized spacial score (nSPS) is 11.8. The molecule has 6 nitrogen and oxygen atoms in total. The minimum absolute atomic E-state index is 0.210. The zero-order valence-corrected chi connectivity index (χ0v) is 13.5. The molecule has 0 aliphatic carbocycles. The molecule has 2 aromatic heterocycles. The Kier molecular flexibility index (Phi) is 4.47. The summed E-state index contributed by atoms with van der Waals surface area (Å²) >= 11 is 0. The van der Waals surface area contributed by atoms with Crippen molar-refractivity contribution in [3.05, 3.63) is 41.6 Å². The maximum Gasteiger partial charge on any atom is 0.416 e. The molecule has 132 valence electrons. The second-order valence-electron chi connectivity index (χ2n) is 5.64. The Bertz CT molecular complexity index is 941. The Morgan fingerprint density at radius 3 is 2.84 bits per heavy atom. The highest BCUT2D eigenvalue weighted by atomic mass is 19.4. The predicted molar refractivity (Wildman–Crippen MR) is 87.4 cm³/mol. The van der Waals surface area contributed by atoms with Crippen LogP contribution in [0.15, 0.2) is 30.6 Å². The third kappa shape index (κ3) is 3.49. The topological polar surface area (TPSA) is 82.4 Å². The number of H-pyrrole nitrogens is 1. The average Bonchev–Trinajstić information content (AvgIpc) is 2.97. The van der Waals surface area contributed by atoms with E-state index in [4.69, 9.17) is 5.41 Å². The molecule has 0 saturated heterocycles. The van der Waals surface area contributed by atoms with Gasteiger partial charge in [-0.25, -0.2) is 4.98 Å². The first-order chi connectivity index (χ1) is 11.9. The van der Waals surface area contributed by atoms with Crippen molar-refractivity contribution in [2.24, 2.45) is 0 Å². The molecule has 25 heavy (non-hydrogen) atoms. The van der Waals surface area contributed by atoms with Gasteiger partial charge in [0.1, 0.15) is 16.7 Å². The summed E-state index contributed by atoms with van der Waals surface area (Å²) in [5.41, 5.74) is 0.0567. The lowest BCUT2D eigenvalue weighted by Crippen LogP contribution is -2.21. The third-order valence-corrected chi connectivity index (χ3v) is 3.80. The predicted octanol–water partition coefficient (Wildman–Crippen LogP) is 3.80. The summed E-state index contributed by atoms with van der Waals surface area (Å²) in [5.74, 6) is 0.345. The van der Waals surface area contributed by atoms with Crippen LogP contribution in [0.25, 0.3) is 11.0 Å². The number of alkyl halides is 3. The van der Waals surface area contributed by atoms with Gasteiger partial charge in [0.25, 0.3) is 0 Å². The van der Waals surface area contributed by atoms with Crippen LogP contribution in [-0.4, -0.2) is 19.7 Å². The molecule has 0 aliphatic rings. The van der Waals surface area contributed by atoms with E-state index in [9.17, 15) is 13.2 Å². The molecule has 1 aromatic carbocycles. The molecule has 0 atom stereocenters. The van der Waals surface area contributed by atoms with Gasteiger partial charge < -0.3 is 9.88 Å². The van der Waals surface area contributed by atoms with Gasteiger partial charge in [-0.05, 0) is 24.6 Å². The fourth-order valence-corrected chi connectivity index (χ4v) is 2.48. The maximum atomic E-state index is 12.8. The van der Waals surface area contributed by atoms with Crippen molar-refractivity contribution in [1.82, 2.24) is 19.7 Å². The maximum absolute atomic E-state index is 12.8. The molecule has 2 heterocycles. The number of benzene rings is 1. The third-order valence-electron chi connectivity index (χ3n) is 3.80. The molecule has 0 unspecified atom stereocenters. The van der Waals surface area contributed by atoms with Gasteiger partial charge in [0.2, 0.25) is 0 Å². The van der Waals surface area contributed by atoms with Gasteiger partial charge in [0.05, 0.1) is 11.9 Å². The number of anilines is 2. The molecule has 0 bridgehead atoms. The molecular formula is C16H17F3N6. The molecule has 0 amide bonds. The van der Waals surface area contributed by atoms with E-state index < -0.39 is 11.7 Å². The first kappa shape index (κ1) is 17.0. The number of aryl methyl sites for hydroxylation is 1. The highest BCUT2D eigenvalue weighted by molar-refractivity contribution is 5.87. The van der Waals surface area contributed by atoms with Gasteiger partial charge in [-0.15, -0.1) is 0 Å². The van der Waals surface area contributed by atoms with Gasteiger partial charge in [-0.3, -0.25) is 10.5 Å². The minimum atomic E-state index is -4.42. The highest BCUT2D eigenvalue weighted by Crippen LogP contribution is 2.31. The first-order valence-electron chi connectivity index (χ1n) is 7.82. The number of halogens is 3. The van der Waals surface area contributed by atoms with E-state index in [0.29, 0.717) is 23.4 Å². The second kappa shape index (κ2) is 6.58. The lowest BCUT2D eigenvalue weighted by Gasteiger charge is -2.10. The summed E-state index contributed by atoms with van der Waals surface area (Å²) in [6.07, 6.45) is -0.989. The van der Waals surface area contributed by atoms with Gasteiger partial charge in [-0.1, -0.05) is 19.4 Å². The number of nitrogens with one attached hydrogen (secondary N) is 3. The largest absolute Gasteiger partial charge is 0.416 e. The second-order valence-corrected chi connectivity index (χ2v) is 5.64. The minimum Gasteiger partial charge on any atom is -0.340 e. The Morgan fingerprint density at radius 1 is 1.32 bits per heavy atom. The molecule has 0 aliphatic heterocycles. The number of unbranched alkanes of at least 4 members (excludes halogenated alkanes) is 1. The number of nitrogens with zero attached hydrogens (tertiary/aromatic N) is 3. The van der Waals surface area contributed by atoms with Crippen LogP contribution in [0.5, 0.6) is 0 Å². The van der Waals surface area contributed by atoms with Crippen molar-refractivity contribution in [2.75, 3.05) is 5.32 Å². The lowest BCUT2D eigenvalue weighted by molar-refractivity contribution is -0.137. The molecule has 3 rings (SSSR count). The summed E-state index contributed by atoms with van der Waals surface area (Å²) in [5, 5.41) is 18.4. The van der Waals surface area contributed by atoms with E-state index >= 15 is 0 Å². The quantitative estimate of drug-likeness (QED) is 0.654. The van der Waals surface area contributed by atoms with Crippen LogP contribution in [0.4, 0.5) is 24.7 Å². The van der Waals surface area contributed by atoms with Crippen molar-refractivity contribution in [3.63, 3.8) is 0 Å². The van der Waals surface area contributed by atoms with Crippen molar-refractivity contribution >= 4 is 22.5 Å². The van der Waals surface area contributed by atoms with E-state index in [1.165, 1.54) is 12.1 Å². The van der Waals surface area contributed by atoms with Gasteiger partial charge in [0, 0.05) is 12.2 Å². The smallest absolute Gasteiger partial charge is 0.340 e. The monoisotopic (exact) mass is 350 g/mol. The van der Waals surface area contributed by atoms with Crippen LogP contribution < -0.4 is 10.8 Å². The van der Waals surface area contributed by atoms with E-state index in [2.05, 4.69) is 27.4 Å². The molecule has 3 N–H and O–H groups in total. The summed E-state index contributed by atoms with van der Waals surface area (Å²) in [4.78, 5) is 4.19. The molecule has 0 spiro atoms. The van der Waals surface area contributed by atoms with Crippen LogP contribution >= 0.6 is 0 Å². The van der Waals surface area contributed by atoms with E-state index in [1.807, 2.05) is 0 Å². The molecule has 0 radical (unpaired) electrons. The van der Waals surface area contributed by atoms with Gasteiger partial charge in [-0.2, -0.15) is 18.3 Å². The van der Waals surface area contributed by atoms with Crippen molar-refractivity contribution in [3.8, 4) is 0 Å². The lowest BCUT2D eigenvalue weighted by atomic mass is 10.2. The zero-order chi connectivity index (χ0) is 18.0. The number of fused-ring (bicyclic) bond motifs is 1. The van der Waals surface area contributed by atoms with Crippen molar-refractivity contribution < 1.29 is 13.2 Å². The molecule has 0 fully saturated rings. The Hall–Kier alpha value is -2.84. The number of aromatic nitrogens is 4. The average molecular weight is 350 g/mol. The standard InChI is InChI=1S/C16H17F3N6/c1-2-3-7-25-9-21-14-12(13(25)20)15(24-23-14)22-11-6-4-5-10(8-11)16(17,18)19/h4-6,8-9,20H,2-3,7H2,1H3,(H2,22,23,24). The summed E-state index contributed by atoms with van der Waals surface area (Å²) in [7, 11) is 0. The number of hydrogen-bond donors (Lipinski definition) is 3. The molecule has 3 aromatic rings. The van der Waals surface area contributed by atoms with Gasteiger partial charge in [0.15, 0.2) is 5.65 Å². The molecule has 9 heteroatoms. The summed E-state index contributed by atoms with van der Waals surface area (Å²) in [6.45, 7) is 2.70. The molecule has 0 saturated carbocycles. The number of rotatable bonds is 5. The fraction of sp³-hybridized carbons (Fsp3) is 0.312. The number of aromatic amines is 1.